The zero-order valence-corrected chi connectivity index (χ0v) is 26.2. The van der Waals surface area contributed by atoms with Crippen molar-refractivity contribution in [2.75, 3.05) is 19.8 Å². The summed E-state index contributed by atoms with van der Waals surface area (Å²) in [5.74, 6) is -0.582. The van der Waals surface area contributed by atoms with Crippen LogP contribution in [0.25, 0.3) is 16.0 Å². The second kappa shape index (κ2) is 14.2. The lowest BCUT2D eigenvalue weighted by atomic mass is 9.96. The van der Waals surface area contributed by atoms with Crippen molar-refractivity contribution in [3.8, 4) is 40.2 Å². The summed E-state index contributed by atoms with van der Waals surface area (Å²) in [5, 5.41) is 31.3. The summed E-state index contributed by atoms with van der Waals surface area (Å²) in [6, 6.07) is 17.8. The van der Waals surface area contributed by atoms with E-state index in [4.69, 9.17) is 37.1 Å². The normalized spacial score (nSPS) is 15.1. The summed E-state index contributed by atoms with van der Waals surface area (Å²) in [4.78, 5) is 14.9. The minimum absolute atomic E-state index is 0.00484. The summed E-state index contributed by atoms with van der Waals surface area (Å²) in [6.07, 6.45) is 0.823. The van der Waals surface area contributed by atoms with E-state index in [1.807, 2.05) is 24.3 Å². The molecular weight excluding hydrogens is 641 g/mol. The van der Waals surface area contributed by atoms with Gasteiger partial charge in [0.2, 0.25) is 0 Å². The number of halogens is 2. The minimum Gasteiger partial charge on any atom is -0.488 e. The van der Waals surface area contributed by atoms with Gasteiger partial charge >= 0.3 is 5.97 Å². The molecule has 0 spiro atoms. The third kappa shape index (κ3) is 6.71. The fraction of sp³-hybridized carbons (Fsp3) is 0.250. The van der Waals surface area contributed by atoms with E-state index in [0.29, 0.717) is 59.0 Å². The number of carboxylic acid groups (broad SMARTS) is 1. The van der Waals surface area contributed by atoms with Gasteiger partial charge in [0, 0.05) is 29.3 Å². The number of benzene rings is 4. The molecule has 244 valence electrons. The first-order chi connectivity index (χ1) is 23.3. The van der Waals surface area contributed by atoms with Crippen LogP contribution < -0.4 is 24.3 Å². The van der Waals surface area contributed by atoms with Crippen LogP contribution in [0.15, 0.2) is 60.7 Å². The van der Waals surface area contributed by atoms with E-state index in [0.717, 1.165) is 16.7 Å². The van der Waals surface area contributed by atoms with Crippen molar-refractivity contribution in [2.24, 2.45) is 0 Å². The van der Waals surface area contributed by atoms with E-state index in [-0.39, 0.29) is 36.2 Å². The molecule has 0 radical (unpaired) electrons. The maximum Gasteiger partial charge on any atom is 0.323 e. The second-order valence-electron chi connectivity index (χ2n) is 11.2. The molecule has 1 heterocycles. The molecule has 0 unspecified atom stereocenters. The minimum atomic E-state index is -1.22. The molecule has 0 saturated carbocycles. The number of carbonyl (C=O) groups is 1. The van der Waals surface area contributed by atoms with E-state index in [9.17, 15) is 20.3 Å². The smallest absolute Gasteiger partial charge is 0.323 e. The standard InChI is InChI=1S/C36H29ClFN3O7/c1-40-23-12-20(16-39)11-21(13-23)19-47-32-15-33(28(37)14-22(32)17-41-29(18-42)36(43)44)48-30-7-5-25-24(3-2-4-26(25)30)27-6-8-31-35(34(27)38)46-10-9-45-31/h2-4,6,8,11-15,29-30,41-42H,5,7,9-10,17-19H2,(H,43,44)/t29-,30-/m0/s1. The largest absolute Gasteiger partial charge is 0.488 e. The quantitative estimate of drug-likeness (QED) is 0.153. The zero-order valence-electron chi connectivity index (χ0n) is 25.5. The molecule has 1 aliphatic carbocycles. The molecule has 0 bridgehead atoms. The Balaban J connectivity index is 1.29. The first-order valence-electron chi connectivity index (χ1n) is 15.1. The molecule has 0 aromatic heterocycles. The maximum absolute atomic E-state index is 15.6. The first-order valence-corrected chi connectivity index (χ1v) is 15.5. The van der Waals surface area contributed by atoms with Crippen molar-refractivity contribution >= 4 is 23.3 Å². The van der Waals surface area contributed by atoms with Crippen LogP contribution in [-0.2, 0) is 24.4 Å². The Morgan fingerprint density at radius 2 is 1.98 bits per heavy atom. The van der Waals surface area contributed by atoms with E-state index in [1.54, 1.807) is 36.4 Å². The molecule has 0 saturated heterocycles. The number of aliphatic hydroxyl groups excluding tert-OH is 1. The molecule has 48 heavy (non-hydrogen) atoms. The average Bonchev–Trinajstić information content (AvgIpc) is 3.51. The number of hydrogen-bond donors (Lipinski definition) is 3. The lowest BCUT2D eigenvalue weighted by Gasteiger charge is -2.21. The predicted octanol–water partition coefficient (Wildman–Crippen LogP) is 6.52. The number of rotatable bonds is 11. The first kappa shape index (κ1) is 32.6. The molecule has 12 heteroatoms. The molecule has 4 aromatic carbocycles. The van der Waals surface area contributed by atoms with Crippen LogP contribution in [0.2, 0.25) is 5.02 Å². The molecule has 10 nitrogen and oxygen atoms in total. The van der Waals surface area contributed by atoms with Gasteiger partial charge in [-0.15, -0.1) is 0 Å². The van der Waals surface area contributed by atoms with Crippen LogP contribution in [0.1, 0.15) is 40.3 Å². The molecule has 4 aromatic rings. The highest BCUT2D eigenvalue weighted by atomic mass is 35.5. The molecule has 2 atom stereocenters. The summed E-state index contributed by atoms with van der Waals surface area (Å²) in [6.45, 7) is 7.34. The van der Waals surface area contributed by atoms with Gasteiger partial charge in [-0.25, -0.2) is 9.24 Å². The van der Waals surface area contributed by atoms with E-state index in [2.05, 4.69) is 10.2 Å². The molecule has 1 aliphatic heterocycles. The van der Waals surface area contributed by atoms with Crippen molar-refractivity contribution in [3.05, 3.63) is 111 Å². The van der Waals surface area contributed by atoms with Gasteiger partial charge in [-0.3, -0.25) is 10.1 Å². The molecule has 6 rings (SSSR count). The lowest BCUT2D eigenvalue weighted by Crippen LogP contribution is -2.39. The van der Waals surface area contributed by atoms with Gasteiger partial charge < -0.3 is 29.2 Å². The Labute approximate surface area is 280 Å². The van der Waals surface area contributed by atoms with Crippen molar-refractivity contribution < 1.29 is 38.3 Å². The highest BCUT2D eigenvalue weighted by molar-refractivity contribution is 6.32. The van der Waals surface area contributed by atoms with E-state index >= 15 is 4.39 Å². The number of carboxylic acids is 1. The monoisotopic (exact) mass is 669 g/mol. The van der Waals surface area contributed by atoms with E-state index in [1.165, 1.54) is 6.07 Å². The molecular formula is C36H29ClFN3O7. The summed E-state index contributed by atoms with van der Waals surface area (Å²) >= 11 is 6.71. The number of nitrogens with zero attached hydrogens (tertiary/aromatic N) is 2. The van der Waals surface area contributed by atoms with Crippen molar-refractivity contribution in [1.29, 1.82) is 5.26 Å². The van der Waals surface area contributed by atoms with Gasteiger partial charge in [-0.05, 0) is 71.5 Å². The lowest BCUT2D eigenvalue weighted by molar-refractivity contribution is -0.140. The van der Waals surface area contributed by atoms with Crippen LogP contribution in [0, 0.1) is 23.7 Å². The van der Waals surface area contributed by atoms with Crippen molar-refractivity contribution in [3.63, 3.8) is 0 Å². The zero-order chi connectivity index (χ0) is 33.8. The third-order valence-corrected chi connectivity index (χ3v) is 8.48. The number of hydrogen-bond acceptors (Lipinski definition) is 8. The third-order valence-electron chi connectivity index (χ3n) is 8.19. The van der Waals surface area contributed by atoms with Crippen LogP contribution in [0.3, 0.4) is 0 Å². The number of aliphatic hydroxyl groups is 1. The summed E-state index contributed by atoms with van der Waals surface area (Å²) in [5.41, 5.74) is 4.66. The van der Waals surface area contributed by atoms with Gasteiger partial charge in [0.1, 0.15) is 43.5 Å². The highest BCUT2D eigenvalue weighted by Crippen LogP contribution is 2.45. The molecule has 0 fully saturated rings. The van der Waals surface area contributed by atoms with Crippen LogP contribution in [-0.4, -0.2) is 42.0 Å². The van der Waals surface area contributed by atoms with Gasteiger partial charge in [0.05, 0.1) is 24.3 Å². The van der Waals surface area contributed by atoms with Crippen molar-refractivity contribution in [1.82, 2.24) is 5.32 Å². The summed E-state index contributed by atoms with van der Waals surface area (Å²) in [7, 11) is 0. The van der Waals surface area contributed by atoms with Crippen molar-refractivity contribution in [2.45, 2.75) is 38.1 Å². The number of fused-ring (bicyclic) bond motifs is 2. The van der Waals surface area contributed by atoms with E-state index < -0.39 is 30.5 Å². The Morgan fingerprint density at radius 3 is 2.75 bits per heavy atom. The number of ether oxygens (including phenoxy) is 4. The predicted molar refractivity (Wildman–Crippen MR) is 173 cm³/mol. The molecule has 2 aliphatic rings. The average molecular weight is 670 g/mol. The SMILES string of the molecule is [C-]#[N+]c1cc(C#N)cc(COc2cc(O[C@H]3CCc4c(-c5ccc6c(c5F)OCCO6)cccc43)c(Cl)cc2CN[C@@H](CO)C(=O)O)c1. The Bertz CT molecular complexity index is 1940. The Kier molecular flexibility index (Phi) is 9.65. The van der Waals surface area contributed by atoms with Gasteiger partial charge in [-0.1, -0.05) is 29.8 Å². The molecule has 0 amide bonds. The fourth-order valence-corrected chi connectivity index (χ4v) is 6.11. The summed E-state index contributed by atoms with van der Waals surface area (Å²) < 4.78 is 39.3. The number of nitriles is 1. The van der Waals surface area contributed by atoms with Gasteiger partial charge in [0.15, 0.2) is 23.0 Å². The van der Waals surface area contributed by atoms with Gasteiger partial charge in [0.25, 0.3) is 0 Å². The number of nitrogens with one attached hydrogen (secondary N) is 1. The Morgan fingerprint density at radius 1 is 1.15 bits per heavy atom. The van der Waals surface area contributed by atoms with Crippen LogP contribution in [0.5, 0.6) is 23.0 Å². The number of aliphatic carboxylic acids is 1. The van der Waals surface area contributed by atoms with Gasteiger partial charge in [-0.2, -0.15) is 5.26 Å². The highest BCUT2D eigenvalue weighted by Gasteiger charge is 2.30. The van der Waals surface area contributed by atoms with Crippen LogP contribution >= 0.6 is 11.6 Å². The second-order valence-corrected chi connectivity index (χ2v) is 11.6. The molecule has 3 N–H and O–H groups in total. The Hall–Kier alpha value is -5.33. The topological polar surface area (TPSA) is 135 Å². The van der Waals surface area contributed by atoms with Crippen LogP contribution in [0.4, 0.5) is 10.1 Å². The maximum atomic E-state index is 15.6. The fourth-order valence-electron chi connectivity index (χ4n) is 5.88.